The van der Waals surface area contributed by atoms with E-state index in [1.54, 1.807) is 36.4 Å². The highest BCUT2D eigenvalue weighted by atomic mass is 35.5. The Morgan fingerprint density at radius 1 is 1.17 bits per heavy atom. The van der Waals surface area contributed by atoms with Crippen molar-refractivity contribution in [1.82, 2.24) is 4.98 Å². The Hall–Kier alpha value is -3.84. The third-order valence-electron chi connectivity index (χ3n) is 5.64. The number of pyridine rings is 1. The van der Waals surface area contributed by atoms with E-state index < -0.39 is 11.8 Å². The number of aromatic nitrogens is 1. The molecule has 2 heterocycles. The van der Waals surface area contributed by atoms with Crippen molar-refractivity contribution in [1.29, 1.82) is 0 Å². The van der Waals surface area contributed by atoms with Gasteiger partial charge in [-0.25, -0.2) is 9.78 Å². The van der Waals surface area contributed by atoms with E-state index in [1.807, 2.05) is 13.8 Å². The van der Waals surface area contributed by atoms with Crippen molar-refractivity contribution in [2.45, 2.75) is 32.3 Å². The zero-order valence-electron chi connectivity index (χ0n) is 19.5. The summed E-state index contributed by atoms with van der Waals surface area (Å²) in [6.07, 6.45) is 5.61. The summed E-state index contributed by atoms with van der Waals surface area (Å²) in [4.78, 5) is 29.0. The van der Waals surface area contributed by atoms with Gasteiger partial charge in [-0.2, -0.15) is 0 Å². The Bertz CT molecular complexity index is 1300. The molecule has 1 aliphatic rings. The van der Waals surface area contributed by atoms with Crippen molar-refractivity contribution in [3.8, 4) is 23.0 Å². The number of benzene rings is 2. The van der Waals surface area contributed by atoms with Crippen LogP contribution in [0.15, 0.2) is 54.7 Å². The van der Waals surface area contributed by atoms with E-state index in [-0.39, 0.29) is 33.4 Å². The number of allylic oxidation sites excluding steroid dienone is 1. The summed E-state index contributed by atoms with van der Waals surface area (Å²) in [5.74, 6) is 0.0182. The zero-order valence-corrected chi connectivity index (χ0v) is 20.3. The lowest BCUT2D eigenvalue weighted by Gasteiger charge is -2.33. The van der Waals surface area contributed by atoms with E-state index in [1.165, 1.54) is 31.5 Å². The first-order valence-corrected chi connectivity index (χ1v) is 11.3. The summed E-state index contributed by atoms with van der Waals surface area (Å²) in [5, 5.41) is 11.1. The Morgan fingerprint density at radius 2 is 1.91 bits per heavy atom. The average Bonchev–Trinajstić information content (AvgIpc) is 2.82. The summed E-state index contributed by atoms with van der Waals surface area (Å²) < 4.78 is 16.7. The van der Waals surface area contributed by atoms with Crippen molar-refractivity contribution >= 4 is 29.4 Å². The number of methoxy groups -OCH3 is 1. The number of carbonyl (C=O) groups excluding carboxylic acids is 2. The Balaban J connectivity index is 1.49. The standard InChI is InChI=1S/C27H24ClNO6/c1-27(2)13-12-19-21(35-27)14-22(33-3)24(25(19)31)20(30)10-6-16-4-8-18(9-5-16)34-26(32)17-7-11-23(28)29-15-17/h4-11,14-15,31H,12-13H2,1-3H3/b10-6+. The van der Waals surface area contributed by atoms with Crippen molar-refractivity contribution in [3.63, 3.8) is 0 Å². The second-order valence-electron chi connectivity index (χ2n) is 8.67. The fourth-order valence-electron chi connectivity index (χ4n) is 3.73. The van der Waals surface area contributed by atoms with Crippen LogP contribution in [0.25, 0.3) is 6.08 Å². The molecule has 4 rings (SSSR count). The van der Waals surface area contributed by atoms with Crippen LogP contribution in [0.1, 0.15) is 52.1 Å². The van der Waals surface area contributed by atoms with Gasteiger partial charge < -0.3 is 19.3 Å². The molecule has 1 aliphatic heterocycles. The minimum atomic E-state index is -0.560. The number of halogens is 1. The number of phenolic OH excluding ortho intramolecular Hbond substituents is 1. The van der Waals surface area contributed by atoms with Crippen molar-refractivity contribution in [2.75, 3.05) is 7.11 Å². The van der Waals surface area contributed by atoms with E-state index in [9.17, 15) is 14.7 Å². The lowest BCUT2D eigenvalue weighted by molar-refractivity contribution is 0.0733. The van der Waals surface area contributed by atoms with Gasteiger partial charge in [0.25, 0.3) is 0 Å². The Labute approximate surface area is 207 Å². The first-order valence-electron chi connectivity index (χ1n) is 10.9. The number of rotatable bonds is 6. The maximum atomic E-state index is 13.0. The van der Waals surface area contributed by atoms with Gasteiger partial charge in [0.05, 0.1) is 12.7 Å². The first kappa shape index (κ1) is 24.3. The fraction of sp³-hybridized carbons (Fsp3) is 0.222. The van der Waals surface area contributed by atoms with Crippen LogP contribution in [0.2, 0.25) is 5.15 Å². The van der Waals surface area contributed by atoms with E-state index in [4.69, 9.17) is 25.8 Å². The van der Waals surface area contributed by atoms with Gasteiger partial charge in [-0.05, 0) is 62.6 Å². The molecule has 0 amide bonds. The van der Waals surface area contributed by atoms with E-state index >= 15 is 0 Å². The third kappa shape index (κ3) is 5.46. The second-order valence-corrected chi connectivity index (χ2v) is 9.05. The molecule has 0 spiro atoms. The normalized spacial score (nSPS) is 14.2. The van der Waals surface area contributed by atoms with Gasteiger partial charge in [-0.1, -0.05) is 29.8 Å². The Morgan fingerprint density at radius 3 is 2.57 bits per heavy atom. The summed E-state index contributed by atoms with van der Waals surface area (Å²) in [5.41, 5.74) is 1.31. The number of hydrogen-bond donors (Lipinski definition) is 1. The number of phenols is 1. The van der Waals surface area contributed by atoms with Crippen molar-refractivity contribution in [3.05, 3.63) is 82.1 Å². The van der Waals surface area contributed by atoms with Crippen LogP contribution in [0, 0.1) is 0 Å². The summed E-state index contributed by atoms with van der Waals surface area (Å²) >= 11 is 5.73. The van der Waals surface area contributed by atoms with Crippen LogP contribution in [-0.4, -0.2) is 34.6 Å². The predicted molar refractivity (Wildman–Crippen MR) is 132 cm³/mol. The summed E-state index contributed by atoms with van der Waals surface area (Å²) in [6.45, 7) is 3.95. The summed E-state index contributed by atoms with van der Waals surface area (Å²) in [7, 11) is 1.44. The highest BCUT2D eigenvalue weighted by Crippen LogP contribution is 2.44. The van der Waals surface area contributed by atoms with E-state index in [0.29, 0.717) is 29.0 Å². The largest absolute Gasteiger partial charge is 0.507 e. The van der Waals surface area contributed by atoms with Crippen LogP contribution in [0.5, 0.6) is 23.0 Å². The number of ether oxygens (including phenoxy) is 3. The number of fused-ring (bicyclic) bond motifs is 1. The van der Waals surface area contributed by atoms with Gasteiger partial charge in [0.1, 0.15) is 39.3 Å². The van der Waals surface area contributed by atoms with Crippen LogP contribution in [0.3, 0.4) is 0 Å². The van der Waals surface area contributed by atoms with Gasteiger partial charge in [-0.15, -0.1) is 0 Å². The Kier molecular flexibility index (Phi) is 6.80. The van der Waals surface area contributed by atoms with E-state index in [0.717, 1.165) is 6.42 Å². The van der Waals surface area contributed by atoms with Crippen LogP contribution >= 0.6 is 11.6 Å². The minimum absolute atomic E-state index is 0.0907. The van der Waals surface area contributed by atoms with Crippen LogP contribution < -0.4 is 14.2 Å². The molecule has 0 radical (unpaired) electrons. The highest BCUT2D eigenvalue weighted by Gasteiger charge is 2.32. The predicted octanol–water partition coefficient (Wildman–Crippen LogP) is 5.67. The number of esters is 1. The molecule has 0 unspecified atom stereocenters. The maximum Gasteiger partial charge on any atom is 0.345 e. The molecule has 0 fully saturated rings. The molecule has 0 atom stereocenters. The van der Waals surface area contributed by atoms with Gasteiger partial charge in [-0.3, -0.25) is 4.79 Å². The van der Waals surface area contributed by atoms with Crippen LogP contribution in [0.4, 0.5) is 0 Å². The SMILES string of the molecule is COc1cc2c(c(O)c1C(=O)/C=C/c1ccc(OC(=O)c3ccc(Cl)nc3)cc1)CCC(C)(C)O2. The number of nitrogens with zero attached hydrogens (tertiary/aromatic N) is 1. The molecule has 0 saturated carbocycles. The van der Waals surface area contributed by atoms with Gasteiger partial charge >= 0.3 is 5.97 Å². The molecular formula is C27H24ClNO6. The smallest absolute Gasteiger partial charge is 0.345 e. The van der Waals surface area contributed by atoms with Gasteiger partial charge in [0.15, 0.2) is 5.78 Å². The molecule has 1 N–H and O–H groups in total. The number of hydrogen-bond acceptors (Lipinski definition) is 7. The number of ketones is 1. The highest BCUT2D eigenvalue weighted by molar-refractivity contribution is 6.29. The van der Waals surface area contributed by atoms with Crippen LogP contribution in [-0.2, 0) is 6.42 Å². The molecule has 7 nitrogen and oxygen atoms in total. The molecule has 180 valence electrons. The molecule has 0 bridgehead atoms. The summed E-state index contributed by atoms with van der Waals surface area (Å²) in [6, 6.07) is 11.3. The van der Waals surface area contributed by atoms with Gasteiger partial charge in [0.2, 0.25) is 0 Å². The lowest BCUT2D eigenvalue weighted by Crippen LogP contribution is -2.32. The molecule has 0 saturated heterocycles. The zero-order chi connectivity index (χ0) is 25.2. The lowest BCUT2D eigenvalue weighted by atomic mass is 9.91. The van der Waals surface area contributed by atoms with E-state index in [2.05, 4.69) is 4.98 Å². The average molecular weight is 494 g/mol. The molecule has 3 aromatic rings. The first-order chi connectivity index (χ1) is 16.7. The molecule has 0 aliphatic carbocycles. The number of aromatic hydroxyl groups is 1. The molecule has 2 aromatic carbocycles. The van der Waals surface area contributed by atoms with Crippen molar-refractivity contribution in [2.24, 2.45) is 0 Å². The quantitative estimate of drug-likeness (QED) is 0.155. The second kappa shape index (κ2) is 9.80. The molecule has 1 aromatic heterocycles. The third-order valence-corrected chi connectivity index (χ3v) is 5.86. The van der Waals surface area contributed by atoms with Gasteiger partial charge in [0, 0.05) is 17.8 Å². The molecule has 8 heteroatoms. The number of carbonyl (C=O) groups is 2. The van der Waals surface area contributed by atoms with Crippen molar-refractivity contribution < 1.29 is 28.9 Å². The monoisotopic (exact) mass is 493 g/mol. The fourth-order valence-corrected chi connectivity index (χ4v) is 3.85. The topological polar surface area (TPSA) is 95.0 Å². The minimum Gasteiger partial charge on any atom is -0.507 e. The molecular weight excluding hydrogens is 470 g/mol. The molecule has 35 heavy (non-hydrogen) atoms. The maximum absolute atomic E-state index is 13.0.